The van der Waals surface area contributed by atoms with Gasteiger partial charge in [-0.1, -0.05) is 19.8 Å². The van der Waals surface area contributed by atoms with Crippen molar-refractivity contribution in [3.8, 4) is 0 Å². The van der Waals surface area contributed by atoms with E-state index in [2.05, 4.69) is 17.1 Å². The minimum absolute atomic E-state index is 0.0625. The molecule has 2 atom stereocenters. The van der Waals surface area contributed by atoms with Crippen LogP contribution < -0.4 is 5.32 Å². The summed E-state index contributed by atoms with van der Waals surface area (Å²) in [6.07, 6.45) is 5.70. The summed E-state index contributed by atoms with van der Waals surface area (Å²) >= 11 is 0. The van der Waals surface area contributed by atoms with Crippen molar-refractivity contribution in [1.29, 1.82) is 0 Å². The zero-order valence-corrected chi connectivity index (χ0v) is 13.0. The first-order chi connectivity index (χ1) is 10.1. The lowest BCUT2D eigenvalue weighted by Crippen LogP contribution is -2.43. The predicted molar refractivity (Wildman–Crippen MR) is 80.9 cm³/mol. The Balaban J connectivity index is 1.72. The van der Waals surface area contributed by atoms with Crippen molar-refractivity contribution < 1.29 is 14.7 Å². The first-order valence-corrected chi connectivity index (χ1v) is 8.31. The molecule has 120 valence electrons. The van der Waals surface area contributed by atoms with Crippen LogP contribution >= 0.6 is 0 Å². The maximum absolute atomic E-state index is 12.2. The second-order valence-electron chi connectivity index (χ2n) is 6.65. The maximum Gasteiger partial charge on any atom is 0.307 e. The first kappa shape index (κ1) is 16.3. The summed E-state index contributed by atoms with van der Waals surface area (Å²) in [5.74, 6) is -0.894. The van der Waals surface area contributed by atoms with E-state index in [1.165, 1.54) is 12.8 Å². The second-order valence-corrected chi connectivity index (χ2v) is 6.65. The largest absolute Gasteiger partial charge is 0.481 e. The molecule has 2 fully saturated rings. The third-order valence-corrected chi connectivity index (χ3v) is 5.02. The van der Waals surface area contributed by atoms with E-state index in [9.17, 15) is 14.7 Å². The van der Waals surface area contributed by atoms with Gasteiger partial charge in [-0.3, -0.25) is 9.59 Å². The number of likely N-dealkylation sites (tertiary alicyclic amines) is 1. The van der Waals surface area contributed by atoms with Gasteiger partial charge in [-0.05, 0) is 44.7 Å². The van der Waals surface area contributed by atoms with Crippen LogP contribution in [0.4, 0.5) is 0 Å². The lowest BCUT2D eigenvalue weighted by Gasteiger charge is -2.31. The molecule has 1 aliphatic carbocycles. The van der Waals surface area contributed by atoms with E-state index < -0.39 is 11.9 Å². The van der Waals surface area contributed by atoms with Crippen LogP contribution in [0.3, 0.4) is 0 Å². The van der Waals surface area contributed by atoms with Crippen LogP contribution in [-0.4, -0.2) is 48.1 Å². The third-order valence-electron chi connectivity index (χ3n) is 5.02. The van der Waals surface area contributed by atoms with Crippen LogP contribution in [0.25, 0.3) is 0 Å². The molecule has 0 aromatic heterocycles. The van der Waals surface area contributed by atoms with E-state index in [0.29, 0.717) is 19.4 Å². The average molecular weight is 296 g/mol. The van der Waals surface area contributed by atoms with Gasteiger partial charge in [-0.15, -0.1) is 0 Å². The van der Waals surface area contributed by atoms with Crippen molar-refractivity contribution in [2.45, 2.75) is 45.4 Å². The summed E-state index contributed by atoms with van der Waals surface area (Å²) in [4.78, 5) is 25.8. The Labute approximate surface area is 127 Å². The van der Waals surface area contributed by atoms with Crippen molar-refractivity contribution in [3.63, 3.8) is 0 Å². The van der Waals surface area contributed by atoms with Gasteiger partial charge in [-0.25, -0.2) is 0 Å². The van der Waals surface area contributed by atoms with Crippen LogP contribution in [0.2, 0.25) is 0 Å². The minimum Gasteiger partial charge on any atom is -0.481 e. The minimum atomic E-state index is -0.820. The SMILES string of the molecule is CC1CCN(CCNC(=O)[C@@H]2CCCC[C@@H]2C(=O)O)CC1. The van der Waals surface area contributed by atoms with Crippen LogP contribution in [-0.2, 0) is 9.59 Å². The van der Waals surface area contributed by atoms with Gasteiger partial charge in [0.25, 0.3) is 0 Å². The Bertz CT molecular complexity index is 365. The molecule has 1 saturated heterocycles. The standard InChI is InChI=1S/C16H28N2O3/c1-12-6-9-18(10-7-12)11-8-17-15(19)13-4-2-3-5-14(13)16(20)21/h12-14H,2-11H2,1H3,(H,17,19)(H,20,21)/t13-,14+/m1/s1. The fourth-order valence-corrected chi connectivity index (χ4v) is 3.49. The molecule has 0 unspecified atom stereocenters. The maximum atomic E-state index is 12.2. The van der Waals surface area contributed by atoms with Crippen LogP contribution in [0.1, 0.15) is 45.4 Å². The Morgan fingerprint density at radius 1 is 1.10 bits per heavy atom. The number of nitrogens with zero attached hydrogens (tertiary/aromatic N) is 1. The first-order valence-electron chi connectivity index (χ1n) is 8.31. The average Bonchev–Trinajstić information content (AvgIpc) is 2.49. The van der Waals surface area contributed by atoms with Gasteiger partial charge in [0, 0.05) is 13.1 Å². The highest BCUT2D eigenvalue weighted by atomic mass is 16.4. The number of carbonyl (C=O) groups is 2. The lowest BCUT2D eigenvalue weighted by atomic mass is 9.79. The molecule has 0 aromatic rings. The van der Waals surface area contributed by atoms with E-state index in [-0.39, 0.29) is 11.8 Å². The number of amides is 1. The van der Waals surface area contributed by atoms with Gasteiger partial charge in [0.05, 0.1) is 11.8 Å². The summed E-state index contributed by atoms with van der Waals surface area (Å²) < 4.78 is 0. The molecule has 1 saturated carbocycles. The summed E-state index contributed by atoms with van der Waals surface area (Å²) in [6.45, 7) is 6.02. The smallest absolute Gasteiger partial charge is 0.307 e. The van der Waals surface area contributed by atoms with Gasteiger partial charge in [-0.2, -0.15) is 0 Å². The molecule has 21 heavy (non-hydrogen) atoms. The molecule has 5 nitrogen and oxygen atoms in total. The van der Waals surface area contributed by atoms with Crippen molar-refractivity contribution >= 4 is 11.9 Å². The number of carbonyl (C=O) groups excluding carboxylic acids is 1. The highest BCUT2D eigenvalue weighted by molar-refractivity contribution is 5.84. The molecule has 0 bridgehead atoms. The molecule has 1 amide bonds. The number of piperidine rings is 1. The number of hydrogen-bond acceptors (Lipinski definition) is 3. The molecule has 0 aromatic carbocycles. The third kappa shape index (κ3) is 4.70. The second kappa shape index (κ2) is 7.78. The van der Waals surface area contributed by atoms with Gasteiger partial charge >= 0.3 is 5.97 Å². The summed E-state index contributed by atoms with van der Waals surface area (Å²) in [5.41, 5.74) is 0. The zero-order valence-electron chi connectivity index (χ0n) is 13.0. The van der Waals surface area contributed by atoms with E-state index >= 15 is 0 Å². The van der Waals surface area contributed by atoms with E-state index in [1.54, 1.807) is 0 Å². The molecule has 5 heteroatoms. The molecule has 2 rings (SSSR count). The monoisotopic (exact) mass is 296 g/mol. The van der Waals surface area contributed by atoms with Gasteiger partial charge in [0.2, 0.25) is 5.91 Å². The van der Waals surface area contributed by atoms with Crippen molar-refractivity contribution in [2.75, 3.05) is 26.2 Å². The number of rotatable bonds is 5. The fraction of sp³-hybridized carbons (Fsp3) is 0.875. The fourth-order valence-electron chi connectivity index (χ4n) is 3.49. The van der Waals surface area contributed by atoms with Crippen LogP contribution in [0.15, 0.2) is 0 Å². The molecule has 0 spiro atoms. The zero-order chi connectivity index (χ0) is 15.2. The predicted octanol–water partition coefficient (Wildman–Crippen LogP) is 1.73. The summed E-state index contributed by atoms with van der Waals surface area (Å²) in [6, 6.07) is 0. The number of carboxylic acids is 1. The molecular formula is C16H28N2O3. The Kier molecular flexibility index (Phi) is 6.03. The lowest BCUT2D eigenvalue weighted by molar-refractivity contribution is -0.148. The molecular weight excluding hydrogens is 268 g/mol. The molecule has 2 aliphatic rings. The van der Waals surface area contributed by atoms with Crippen LogP contribution in [0, 0.1) is 17.8 Å². The van der Waals surface area contributed by atoms with Gasteiger partial charge in [0.15, 0.2) is 0 Å². The van der Waals surface area contributed by atoms with Crippen molar-refractivity contribution in [1.82, 2.24) is 10.2 Å². The van der Waals surface area contributed by atoms with E-state index in [1.807, 2.05) is 0 Å². The van der Waals surface area contributed by atoms with Crippen LogP contribution in [0.5, 0.6) is 0 Å². The molecule has 1 heterocycles. The topological polar surface area (TPSA) is 69.6 Å². The number of nitrogens with one attached hydrogen (secondary N) is 1. The highest BCUT2D eigenvalue weighted by Gasteiger charge is 2.35. The van der Waals surface area contributed by atoms with Gasteiger partial charge < -0.3 is 15.3 Å². The number of carboxylic acid groups (broad SMARTS) is 1. The normalized spacial score (nSPS) is 28.2. The van der Waals surface area contributed by atoms with Gasteiger partial charge in [0.1, 0.15) is 0 Å². The highest BCUT2D eigenvalue weighted by Crippen LogP contribution is 2.30. The quantitative estimate of drug-likeness (QED) is 0.810. The van der Waals surface area contributed by atoms with E-state index in [4.69, 9.17) is 0 Å². The molecule has 2 N–H and O–H groups in total. The molecule has 0 radical (unpaired) electrons. The Morgan fingerprint density at radius 2 is 1.71 bits per heavy atom. The Morgan fingerprint density at radius 3 is 2.33 bits per heavy atom. The Hall–Kier alpha value is -1.10. The van der Waals surface area contributed by atoms with E-state index in [0.717, 1.165) is 38.4 Å². The molecule has 1 aliphatic heterocycles. The summed E-state index contributed by atoms with van der Waals surface area (Å²) in [5, 5.41) is 12.2. The summed E-state index contributed by atoms with van der Waals surface area (Å²) in [7, 11) is 0. The van der Waals surface area contributed by atoms with Crippen molar-refractivity contribution in [2.24, 2.45) is 17.8 Å². The van der Waals surface area contributed by atoms with Crippen molar-refractivity contribution in [3.05, 3.63) is 0 Å². The number of aliphatic carboxylic acids is 1. The number of hydrogen-bond donors (Lipinski definition) is 2.